The van der Waals surface area contributed by atoms with Crippen molar-refractivity contribution in [3.63, 3.8) is 0 Å². The van der Waals surface area contributed by atoms with Gasteiger partial charge in [-0.25, -0.2) is 17.6 Å². The van der Waals surface area contributed by atoms with E-state index in [1.165, 1.54) is 12.0 Å². The van der Waals surface area contributed by atoms with Crippen LogP contribution in [0, 0.1) is 23.3 Å². The number of ether oxygens (including phenoxy) is 2. The first-order chi connectivity index (χ1) is 19.8. The summed E-state index contributed by atoms with van der Waals surface area (Å²) >= 11 is 3.53. The number of hydrogen-bond acceptors (Lipinski definition) is 7. The van der Waals surface area contributed by atoms with Gasteiger partial charge in [0.25, 0.3) is 5.91 Å². The zero-order chi connectivity index (χ0) is 29.5. The molecule has 0 bridgehead atoms. The molecule has 0 spiro atoms. The van der Waals surface area contributed by atoms with E-state index in [1.807, 2.05) is 12.1 Å². The van der Waals surface area contributed by atoms with E-state index in [2.05, 4.69) is 34.7 Å². The highest BCUT2D eigenvalue weighted by molar-refractivity contribution is 7.79. The first-order valence-corrected chi connectivity index (χ1v) is 13.6. The standard InChI is InChI=1S/C19H14F4N4O2.C9H10O.CH4S/c20-9-5-10(15(23)12(21)6-9)16-17-14(13(22)8-26-16)18(11(7-25-17)19(24)28)27-1-3-29-4-2-27;1-2-6-9-8(4-1)5-3-7-10-9;1-2/h5-8H,1-4H2,(H2,24,28);1-2,4,6H,3,5,7H2;2H,1H3. The fraction of sp³-hybridized carbons (Fsp3) is 0.276. The van der Waals surface area contributed by atoms with Crippen molar-refractivity contribution in [3.05, 3.63) is 83.2 Å². The number of para-hydroxylation sites is 1. The third-order valence-electron chi connectivity index (χ3n) is 6.48. The van der Waals surface area contributed by atoms with Gasteiger partial charge in [0, 0.05) is 30.9 Å². The lowest BCUT2D eigenvalue weighted by Crippen LogP contribution is -2.38. The van der Waals surface area contributed by atoms with Crippen molar-refractivity contribution in [3.8, 4) is 17.0 Å². The number of pyridine rings is 2. The van der Waals surface area contributed by atoms with E-state index in [0.717, 1.165) is 37.2 Å². The number of halogens is 4. The van der Waals surface area contributed by atoms with Crippen molar-refractivity contribution in [2.75, 3.05) is 44.1 Å². The van der Waals surface area contributed by atoms with Gasteiger partial charge in [-0.05, 0) is 36.8 Å². The number of anilines is 1. The molecule has 6 rings (SSSR count). The minimum absolute atomic E-state index is 0.0404. The van der Waals surface area contributed by atoms with Gasteiger partial charge in [0.2, 0.25) is 0 Å². The maximum absolute atomic E-state index is 14.8. The van der Waals surface area contributed by atoms with Crippen LogP contribution in [0.4, 0.5) is 23.2 Å². The van der Waals surface area contributed by atoms with Crippen molar-refractivity contribution in [2.45, 2.75) is 12.8 Å². The Hall–Kier alpha value is -3.90. The van der Waals surface area contributed by atoms with Gasteiger partial charge in [-0.15, -0.1) is 0 Å². The van der Waals surface area contributed by atoms with Crippen LogP contribution in [0.3, 0.4) is 0 Å². The number of aryl methyl sites for hydroxylation is 1. The van der Waals surface area contributed by atoms with Crippen LogP contribution < -0.4 is 15.4 Å². The average Bonchev–Trinajstić information content (AvgIpc) is 3.00. The number of nitrogens with two attached hydrogens (primary N) is 1. The number of primary amides is 1. The third-order valence-corrected chi connectivity index (χ3v) is 6.48. The highest BCUT2D eigenvalue weighted by Gasteiger charge is 2.26. The Bertz CT molecular complexity index is 1530. The fourth-order valence-electron chi connectivity index (χ4n) is 4.67. The average molecular weight is 589 g/mol. The summed E-state index contributed by atoms with van der Waals surface area (Å²) in [7, 11) is 0. The van der Waals surface area contributed by atoms with Crippen LogP contribution in [0.5, 0.6) is 5.75 Å². The van der Waals surface area contributed by atoms with E-state index in [1.54, 1.807) is 11.2 Å². The third kappa shape index (κ3) is 6.54. The number of benzene rings is 2. The van der Waals surface area contributed by atoms with Gasteiger partial charge in [-0.1, -0.05) is 18.2 Å². The molecule has 2 aromatic heterocycles. The van der Waals surface area contributed by atoms with Crippen molar-refractivity contribution >= 4 is 35.1 Å². The minimum atomic E-state index is -1.42. The van der Waals surface area contributed by atoms with Crippen LogP contribution in [-0.2, 0) is 11.2 Å². The summed E-state index contributed by atoms with van der Waals surface area (Å²) in [6.07, 6.45) is 5.94. The second kappa shape index (κ2) is 13.6. The van der Waals surface area contributed by atoms with Gasteiger partial charge >= 0.3 is 0 Å². The summed E-state index contributed by atoms with van der Waals surface area (Å²) in [5.74, 6) is -4.38. The molecule has 2 N–H and O–H groups in total. The maximum Gasteiger partial charge on any atom is 0.252 e. The van der Waals surface area contributed by atoms with Crippen molar-refractivity contribution in [1.29, 1.82) is 0 Å². The van der Waals surface area contributed by atoms with E-state index in [9.17, 15) is 22.4 Å². The summed E-state index contributed by atoms with van der Waals surface area (Å²) in [5, 5.41) is -0.141. The predicted molar refractivity (Wildman–Crippen MR) is 152 cm³/mol. The number of carbonyl (C=O) groups excluding carboxylic acids is 1. The molecule has 216 valence electrons. The molecular weight excluding hydrogens is 560 g/mol. The first-order valence-electron chi connectivity index (χ1n) is 12.7. The normalized spacial score (nSPS) is 14.1. The highest BCUT2D eigenvalue weighted by atomic mass is 32.1. The van der Waals surface area contributed by atoms with Gasteiger partial charge in [0.1, 0.15) is 17.1 Å². The number of morpholine rings is 1. The van der Waals surface area contributed by atoms with E-state index in [-0.39, 0.29) is 27.8 Å². The summed E-state index contributed by atoms with van der Waals surface area (Å²) in [6.45, 7) is 2.26. The Morgan fingerprint density at radius 1 is 0.976 bits per heavy atom. The molecule has 7 nitrogen and oxygen atoms in total. The largest absolute Gasteiger partial charge is 0.493 e. The molecule has 1 fully saturated rings. The van der Waals surface area contributed by atoms with Crippen LogP contribution in [0.2, 0.25) is 0 Å². The van der Waals surface area contributed by atoms with Crippen molar-refractivity contribution < 1.29 is 31.8 Å². The van der Waals surface area contributed by atoms with E-state index in [0.29, 0.717) is 32.4 Å². The zero-order valence-electron chi connectivity index (χ0n) is 22.2. The fourth-order valence-corrected chi connectivity index (χ4v) is 4.67. The summed E-state index contributed by atoms with van der Waals surface area (Å²) in [5.41, 5.74) is 5.99. The SMILES string of the molecule is CS.NC(=O)c1cnc2c(-c3cc(F)cc(F)c3F)ncc(F)c2c1N1CCOCC1.c1ccc2c(c1)CCCO2. The molecule has 0 radical (unpaired) electrons. The first kappa shape index (κ1) is 30.1. The van der Waals surface area contributed by atoms with Crippen LogP contribution >= 0.6 is 12.6 Å². The number of amides is 1. The number of nitrogens with zero attached hydrogens (tertiary/aromatic N) is 3. The summed E-state index contributed by atoms with van der Waals surface area (Å²) in [4.78, 5) is 21.5. The molecular formula is C29H28F4N4O3S. The molecule has 41 heavy (non-hydrogen) atoms. The Morgan fingerprint density at radius 3 is 2.41 bits per heavy atom. The quantitative estimate of drug-likeness (QED) is 0.191. The Labute approximate surface area is 239 Å². The zero-order valence-corrected chi connectivity index (χ0v) is 23.1. The van der Waals surface area contributed by atoms with Crippen LogP contribution in [0.15, 0.2) is 48.8 Å². The number of rotatable bonds is 3. The predicted octanol–water partition coefficient (Wildman–Crippen LogP) is 5.35. The molecule has 12 heteroatoms. The number of thiol groups is 1. The minimum Gasteiger partial charge on any atom is -0.493 e. The smallest absolute Gasteiger partial charge is 0.252 e. The topological polar surface area (TPSA) is 90.6 Å². The molecule has 2 aromatic carbocycles. The van der Waals surface area contributed by atoms with Gasteiger partial charge in [-0.2, -0.15) is 12.6 Å². The van der Waals surface area contributed by atoms with Gasteiger partial charge < -0.3 is 20.1 Å². The molecule has 1 amide bonds. The van der Waals surface area contributed by atoms with Crippen LogP contribution in [0.1, 0.15) is 22.3 Å². The van der Waals surface area contributed by atoms with Gasteiger partial charge in [0.05, 0.1) is 48.3 Å². The van der Waals surface area contributed by atoms with Gasteiger partial charge in [0.15, 0.2) is 17.5 Å². The molecule has 4 heterocycles. The van der Waals surface area contributed by atoms with Crippen LogP contribution in [0.25, 0.3) is 22.2 Å². The second-order valence-electron chi connectivity index (χ2n) is 8.97. The summed E-state index contributed by atoms with van der Waals surface area (Å²) < 4.78 is 67.3. The lowest BCUT2D eigenvalue weighted by molar-refractivity contribution is 0.0998. The van der Waals surface area contributed by atoms with Crippen LogP contribution in [-0.4, -0.2) is 55.0 Å². The second-order valence-corrected chi connectivity index (χ2v) is 8.97. The van der Waals surface area contributed by atoms with E-state index < -0.39 is 34.7 Å². The van der Waals surface area contributed by atoms with Crippen molar-refractivity contribution in [1.82, 2.24) is 9.97 Å². The molecule has 1 saturated heterocycles. The highest BCUT2D eigenvalue weighted by Crippen LogP contribution is 2.37. The van der Waals surface area contributed by atoms with Gasteiger partial charge in [-0.3, -0.25) is 14.8 Å². The van der Waals surface area contributed by atoms with E-state index in [4.69, 9.17) is 15.2 Å². The number of hydrogen-bond donors (Lipinski definition) is 2. The van der Waals surface area contributed by atoms with E-state index >= 15 is 0 Å². The summed E-state index contributed by atoms with van der Waals surface area (Å²) in [6, 6.07) is 9.39. The monoisotopic (exact) mass is 588 g/mol. The number of aromatic nitrogens is 2. The molecule has 0 aliphatic carbocycles. The molecule has 2 aliphatic heterocycles. The molecule has 0 atom stereocenters. The Kier molecular flexibility index (Phi) is 10.0. The maximum atomic E-state index is 14.8. The lowest BCUT2D eigenvalue weighted by Gasteiger charge is -2.31. The van der Waals surface area contributed by atoms with Crippen molar-refractivity contribution in [2.24, 2.45) is 5.73 Å². The number of fused-ring (bicyclic) bond motifs is 2. The molecule has 4 aromatic rings. The lowest BCUT2D eigenvalue weighted by atomic mass is 10.0. The Balaban J connectivity index is 0.000000268. The molecule has 0 unspecified atom stereocenters. The molecule has 2 aliphatic rings. The number of carbonyl (C=O) groups is 1. The molecule has 0 saturated carbocycles. The Morgan fingerprint density at radius 2 is 1.71 bits per heavy atom.